The smallest absolute Gasteiger partial charge is 0.327 e. The summed E-state index contributed by atoms with van der Waals surface area (Å²) in [6.45, 7) is 8.26. The van der Waals surface area contributed by atoms with Gasteiger partial charge >= 0.3 is 5.88 Å². The molecule has 1 N–H and O–H groups in total. The molecule has 0 aromatic carbocycles. The topological polar surface area (TPSA) is 29.0 Å². The van der Waals surface area contributed by atoms with Gasteiger partial charge in [0.15, 0.2) is 6.20 Å². The van der Waals surface area contributed by atoms with Crippen LogP contribution in [0, 0.1) is 5.41 Å². The maximum absolute atomic E-state index is 9.63. The molecule has 2 heterocycles. The van der Waals surface area contributed by atoms with Crippen LogP contribution >= 0.6 is 0 Å². The van der Waals surface area contributed by atoms with Crippen molar-refractivity contribution in [2.24, 2.45) is 12.5 Å². The summed E-state index contributed by atoms with van der Waals surface area (Å²) >= 11 is 0. The van der Waals surface area contributed by atoms with E-state index in [1.165, 1.54) is 0 Å². The molecule has 0 saturated carbocycles. The summed E-state index contributed by atoms with van der Waals surface area (Å²) in [5, 5.41) is 9.63. The van der Waals surface area contributed by atoms with Crippen LogP contribution in [-0.2, 0) is 7.05 Å². The van der Waals surface area contributed by atoms with Crippen LogP contribution < -0.4 is 4.57 Å². The van der Waals surface area contributed by atoms with E-state index in [4.69, 9.17) is 0 Å². The molecule has 1 aromatic heterocycles. The SMILES string of the molecule is CC.C[n+]1cc(O)n2c1C=CC(C)(C)C=C2. The lowest BCUT2D eigenvalue weighted by molar-refractivity contribution is -0.672. The maximum atomic E-state index is 9.63. The summed E-state index contributed by atoms with van der Waals surface area (Å²) in [7, 11) is 1.92. The van der Waals surface area contributed by atoms with E-state index in [1.807, 2.05) is 37.7 Å². The van der Waals surface area contributed by atoms with Crippen LogP contribution in [-0.4, -0.2) is 9.67 Å². The molecule has 0 atom stereocenters. The number of hydrogen-bond acceptors (Lipinski definition) is 1. The largest absolute Gasteiger partial charge is 0.475 e. The van der Waals surface area contributed by atoms with Crippen LogP contribution in [0.15, 0.2) is 18.3 Å². The second-order valence-electron chi connectivity index (χ2n) is 4.30. The minimum atomic E-state index is 0.0401. The fourth-order valence-corrected chi connectivity index (χ4v) is 1.55. The molecular weight excluding hydrogens is 200 g/mol. The van der Waals surface area contributed by atoms with Crippen LogP contribution in [0.25, 0.3) is 12.3 Å². The third-order valence-corrected chi connectivity index (χ3v) is 2.48. The molecule has 0 aliphatic carbocycles. The van der Waals surface area contributed by atoms with Crippen LogP contribution in [0.4, 0.5) is 0 Å². The Hall–Kier alpha value is -1.51. The van der Waals surface area contributed by atoms with Gasteiger partial charge in [0.25, 0.3) is 5.82 Å². The van der Waals surface area contributed by atoms with Crippen molar-refractivity contribution in [2.75, 3.05) is 0 Å². The van der Waals surface area contributed by atoms with Crippen molar-refractivity contribution in [3.63, 3.8) is 0 Å². The van der Waals surface area contributed by atoms with Gasteiger partial charge in [0.1, 0.15) is 0 Å². The Morgan fingerprint density at radius 1 is 1.25 bits per heavy atom. The Morgan fingerprint density at radius 3 is 2.50 bits per heavy atom. The first-order chi connectivity index (χ1) is 7.49. The zero-order valence-corrected chi connectivity index (χ0v) is 10.7. The number of aromatic hydroxyl groups is 1. The van der Waals surface area contributed by atoms with Gasteiger partial charge in [0.2, 0.25) is 0 Å². The van der Waals surface area contributed by atoms with E-state index in [0.717, 1.165) is 5.82 Å². The quantitative estimate of drug-likeness (QED) is 0.670. The van der Waals surface area contributed by atoms with E-state index in [2.05, 4.69) is 26.0 Å². The Balaban J connectivity index is 0.000000606. The minimum absolute atomic E-state index is 0.0401. The molecule has 3 nitrogen and oxygen atoms in total. The molecule has 16 heavy (non-hydrogen) atoms. The Kier molecular flexibility index (Phi) is 3.58. The molecule has 2 rings (SSSR count). The van der Waals surface area contributed by atoms with Gasteiger partial charge in [-0.2, -0.15) is 4.57 Å². The molecule has 0 amide bonds. The third kappa shape index (κ3) is 2.35. The summed E-state index contributed by atoms with van der Waals surface area (Å²) in [6.07, 6.45) is 9.83. The van der Waals surface area contributed by atoms with Crippen molar-refractivity contribution < 1.29 is 9.67 Å². The van der Waals surface area contributed by atoms with Crippen molar-refractivity contribution in [1.29, 1.82) is 0 Å². The molecule has 1 aromatic rings. The number of imidazole rings is 1. The normalized spacial score (nSPS) is 16.1. The average Bonchev–Trinajstić information content (AvgIpc) is 2.40. The number of allylic oxidation sites excluding steroid dienone is 2. The molecule has 1 aliphatic heterocycles. The summed E-state index contributed by atoms with van der Waals surface area (Å²) in [5.41, 5.74) is 0.0401. The lowest BCUT2D eigenvalue weighted by Crippen LogP contribution is -2.29. The van der Waals surface area contributed by atoms with Crippen molar-refractivity contribution in [1.82, 2.24) is 4.57 Å². The van der Waals surface area contributed by atoms with Crippen molar-refractivity contribution in [2.45, 2.75) is 27.7 Å². The maximum Gasteiger partial charge on any atom is 0.327 e. The van der Waals surface area contributed by atoms with Crippen LogP contribution in [0.1, 0.15) is 33.5 Å². The molecule has 0 bridgehead atoms. The lowest BCUT2D eigenvalue weighted by atomic mass is 9.93. The molecule has 3 heteroatoms. The van der Waals surface area contributed by atoms with Gasteiger partial charge in [-0.15, -0.1) is 0 Å². The number of fused-ring (bicyclic) bond motifs is 1. The lowest BCUT2D eigenvalue weighted by Gasteiger charge is -2.10. The Morgan fingerprint density at radius 2 is 1.88 bits per heavy atom. The van der Waals surface area contributed by atoms with E-state index >= 15 is 0 Å². The van der Waals surface area contributed by atoms with Gasteiger partial charge in [-0.05, 0) is 6.08 Å². The number of nitrogens with zero attached hydrogens (tertiary/aromatic N) is 2. The van der Waals surface area contributed by atoms with Gasteiger partial charge in [-0.25, -0.2) is 4.57 Å². The van der Waals surface area contributed by atoms with E-state index < -0.39 is 0 Å². The molecule has 0 unspecified atom stereocenters. The second-order valence-corrected chi connectivity index (χ2v) is 4.30. The standard InChI is InChI=1S/C11H14N2O.C2H6/c1-11(2)5-4-9-12(3)8-10(14)13(9)7-6-11;1-2/h4-8H,1-3H3;1-2H3/p+1. The minimum Gasteiger partial charge on any atom is -0.475 e. The highest BCUT2D eigenvalue weighted by atomic mass is 16.3. The van der Waals surface area contributed by atoms with E-state index in [9.17, 15) is 5.11 Å². The van der Waals surface area contributed by atoms with Gasteiger partial charge in [0, 0.05) is 11.5 Å². The van der Waals surface area contributed by atoms with Crippen LogP contribution in [0.2, 0.25) is 0 Å². The van der Waals surface area contributed by atoms with E-state index in [0.29, 0.717) is 0 Å². The summed E-state index contributed by atoms with van der Waals surface area (Å²) in [5.74, 6) is 1.24. The molecule has 0 spiro atoms. The van der Waals surface area contributed by atoms with Gasteiger partial charge < -0.3 is 5.11 Å². The van der Waals surface area contributed by atoms with Gasteiger partial charge in [-0.3, -0.25) is 0 Å². The number of hydrogen-bond donors (Lipinski definition) is 1. The van der Waals surface area contributed by atoms with E-state index in [1.54, 1.807) is 10.8 Å². The summed E-state index contributed by atoms with van der Waals surface area (Å²) in [6, 6.07) is 0. The first-order valence-corrected chi connectivity index (χ1v) is 5.68. The zero-order valence-electron chi connectivity index (χ0n) is 10.7. The number of aryl methyl sites for hydroxylation is 1. The third-order valence-electron chi connectivity index (χ3n) is 2.48. The predicted octanol–water partition coefficient (Wildman–Crippen LogP) is 2.57. The van der Waals surface area contributed by atoms with Crippen molar-refractivity contribution in [3.05, 3.63) is 24.2 Å². The highest BCUT2D eigenvalue weighted by molar-refractivity contribution is 5.50. The predicted molar refractivity (Wildman–Crippen MR) is 66.8 cm³/mol. The highest BCUT2D eigenvalue weighted by Gasteiger charge is 2.21. The summed E-state index contributed by atoms with van der Waals surface area (Å²) in [4.78, 5) is 0. The fourth-order valence-electron chi connectivity index (χ4n) is 1.55. The summed E-state index contributed by atoms with van der Waals surface area (Å²) < 4.78 is 3.67. The molecule has 0 radical (unpaired) electrons. The van der Waals surface area contributed by atoms with Crippen LogP contribution in [0.3, 0.4) is 0 Å². The van der Waals surface area contributed by atoms with Gasteiger partial charge in [-0.1, -0.05) is 33.8 Å². The number of aromatic nitrogens is 2. The van der Waals surface area contributed by atoms with Crippen LogP contribution in [0.5, 0.6) is 5.88 Å². The highest BCUT2D eigenvalue weighted by Crippen LogP contribution is 2.25. The average molecular weight is 221 g/mol. The Labute approximate surface area is 97.3 Å². The first-order valence-electron chi connectivity index (χ1n) is 5.68. The van der Waals surface area contributed by atoms with Crippen molar-refractivity contribution >= 4 is 12.3 Å². The molecule has 1 aliphatic rings. The first kappa shape index (κ1) is 12.6. The van der Waals surface area contributed by atoms with Crippen molar-refractivity contribution in [3.8, 4) is 5.88 Å². The fraction of sp³-hybridized carbons (Fsp3) is 0.462. The zero-order chi connectivity index (χ0) is 12.3. The molecular formula is C13H21N2O+. The van der Waals surface area contributed by atoms with E-state index in [-0.39, 0.29) is 11.3 Å². The number of rotatable bonds is 0. The monoisotopic (exact) mass is 221 g/mol. The molecule has 0 fully saturated rings. The molecule has 88 valence electrons. The Bertz CT molecular complexity index is 389. The molecule has 0 saturated heterocycles. The van der Waals surface area contributed by atoms with Gasteiger partial charge in [0.05, 0.1) is 13.2 Å². The second kappa shape index (κ2) is 4.56.